The first-order valence-corrected chi connectivity index (χ1v) is 22.0. The van der Waals surface area contributed by atoms with Crippen LogP contribution in [-0.4, -0.2) is 68.5 Å². The van der Waals surface area contributed by atoms with E-state index in [1.807, 2.05) is 27.2 Å². The number of nitrogens with zero attached hydrogens (tertiary/aromatic N) is 1. The maximum Gasteiger partial charge on any atom is 0.268 e. The summed E-state index contributed by atoms with van der Waals surface area (Å²) in [5.74, 6) is -0.372. The number of rotatable bonds is 37. The number of phosphoric ester groups is 1. The summed E-state index contributed by atoms with van der Waals surface area (Å²) < 4.78 is 22.5. The number of amides is 1. The van der Waals surface area contributed by atoms with Crippen LogP contribution in [0.2, 0.25) is 0 Å². The molecule has 0 aliphatic carbocycles. The molecule has 0 saturated heterocycles. The van der Waals surface area contributed by atoms with Crippen molar-refractivity contribution in [3.63, 3.8) is 0 Å². The van der Waals surface area contributed by atoms with Crippen molar-refractivity contribution in [1.82, 2.24) is 5.32 Å². The molecule has 9 heteroatoms. The van der Waals surface area contributed by atoms with Crippen molar-refractivity contribution in [2.24, 2.45) is 0 Å². The Bertz CT molecular complexity index is 819. The average Bonchev–Trinajstić information content (AvgIpc) is 3.03. The number of allylic oxidation sites excluding steroid dienone is 1. The third-order valence-electron chi connectivity index (χ3n) is 9.28. The molecule has 1 amide bonds. The zero-order valence-corrected chi connectivity index (χ0v) is 33.8. The Morgan fingerprint density at radius 3 is 1.41 bits per heavy atom. The molecule has 3 atom stereocenters. The molecule has 0 aliphatic rings. The van der Waals surface area contributed by atoms with E-state index >= 15 is 0 Å². The number of aliphatic hydroxyl groups excluding tert-OH is 1. The van der Waals surface area contributed by atoms with Gasteiger partial charge in [-0.1, -0.05) is 180 Å². The number of hydrogen-bond acceptors (Lipinski definition) is 6. The van der Waals surface area contributed by atoms with Gasteiger partial charge in [0.2, 0.25) is 5.91 Å². The lowest BCUT2D eigenvalue weighted by Crippen LogP contribution is -2.45. The minimum atomic E-state index is -4.54. The van der Waals surface area contributed by atoms with Crippen molar-refractivity contribution in [1.29, 1.82) is 0 Å². The van der Waals surface area contributed by atoms with E-state index in [2.05, 4.69) is 12.2 Å². The van der Waals surface area contributed by atoms with Gasteiger partial charge in [-0.05, 0) is 12.8 Å². The van der Waals surface area contributed by atoms with E-state index in [1.165, 1.54) is 161 Å². The molecule has 0 spiro atoms. The van der Waals surface area contributed by atoms with E-state index in [-0.39, 0.29) is 12.5 Å². The number of unbranched alkanes of at least 4 members (excludes halogenated alkanes) is 26. The maximum absolute atomic E-state index is 12.1. The summed E-state index contributed by atoms with van der Waals surface area (Å²) >= 11 is 0. The summed E-state index contributed by atoms with van der Waals surface area (Å²) in [6.07, 6.45) is 39.2. The second-order valence-electron chi connectivity index (χ2n) is 15.4. The van der Waals surface area contributed by atoms with Crippen LogP contribution in [0.3, 0.4) is 0 Å². The predicted octanol–water partition coefficient (Wildman–Crippen LogP) is 10.2. The topological polar surface area (TPSA) is 108 Å². The van der Waals surface area contributed by atoms with Crippen LogP contribution in [-0.2, 0) is 18.4 Å². The zero-order valence-electron chi connectivity index (χ0n) is 32.9. The van der Waals surface area contributed by atoms with Crippen molar-refractivity contribution >= 4 is 13.7 Å². The molecule has 8 nitrogen and oxygen atoms in total. The fraction of sp³-hybridized carbons (Fsp3) is 0.925. The lowest BCUT2D eigenvalue weighted by Gasteiger charge is -2.29. The summed E-state index contributed by atoms with van der Waals surface area (Å²) in [6.45, 7) is 3.71. The van der Waals surface area contributed by atoms with Crippen molar-refractivity contribution in [2.75, 3.05) is 40.9 Å². The first-order valence-electron chi connectivity index (χ1n) is 20.5. The maximum atomic E-state index is 12.1. The Labute approximate surface area is 303 Å². The van der Waals surface area contributed by atoms with Crippen molar-refractivity contribution in [2.45, 2.75) is 199 Å². The number of aliphatic hydroxyl groups is 1. The summed E-state index contributed by atoms with van der Waals surface area (Å²) in [4.78, 5) is 23.7. The number of nitrogens with one attached hydrogen (secondary N) is 1. The van der Waals surface area contributed by atoms with Gasteiger partial charge in [0.25, 0.3) is 7.82 Å². The molecule has 49 heavy (non-hydrogen) atoms. The van der Waals surface area contributed by atoms with Crippen LogP contribution in [0.1, 0.15) is 187 Å². The van der Waals surface area contributed by atoms with Gasteiger partial charge in [-0.3, -0.25) is 9.36 Å². The molecule has 2 N–H and O–H groups in total. The first kappa shape index (κ1) is 48.2. The number of carbonyl (C=O) groups is 1. The summed E-state index contributed by atoms with van der Waals surface area (Å²) in [5.41, 5.74) is 0. The van der Waals surface area contributed by atoms with Gasteiger partial charge in [-0.2, -0.15) is 0 Å². The first-order chi connectivity index (χ1) is 23.5. The van der Waals surface area contributed by atoms with Crippen LogP contribution in [0, 0.1) is 0 Å². The van der Waals surface area contributed by atoms with Crippen molar-refractivity contribution in [3.8, 4) is 0 Å². The Morgan fingerprint density at radius 1 is 0.694 bits per heavy atom. The highest BCUT2D eigenvalue weighted by Gasteiger charge is 2.22. The van der Waals surface area contributed by atoms with Gasteiger partial charge in [-0.15, -0.1) is 0 Å². The van der Waals surface area contributed by atoms with Gasteiger partial charge in [0.15, 0.2) is 0 Å². The lowest BCUT2D eigenvalue weighted by molar-refractivity contribution is -0.870. The van der Waals surface area contributed by atoms with E-state index in [1.54, 1.807) is 6.08 Å². The molecule has 0 fully saturated rings. The zero-order chi connectivity index (χ0) is 36.5. The smallest absolute Gasteiger partial charge is 0.268 e. The predicted molar refractivity (Wildman–Crippen MR) is 205 cm³/mol. The lowest BCUT2D eigenvalue weighted by atomic mass is 10.0. The molecule has 0 rings (SSSR count). The Hall–Kier alpha value is -0.760. The largest absolute Gasteiger partial charge is 0.756 e. The van der Waals surface area contributed by atoms with Gasteiger partial charge in [-0.25, -0.2) is 0 Å². The van der Waals surface area contributed by atoms with Crippen molar-refractivity contribution in [3.05, 3.63) is 12.2 Å². The molecular weight excluding hydrogens is 635 g/mol. The standard InChI is InChI=1S/C40H81N2O6P/c1-6-7-8-9-10-11-12-13-14-15-16-17-18-19-20-21-22-23-24-25-26-27-28-29-30-31-32-33-34-40(44)39(41-38(2)43)37-48-49(45,46)47-36-35-42(3,4)5/h33-34,39-40,44H,6-32,35-37H2,1-5H3,(H-,41,43,45,46)/b34-33+. The van der Waals surface area contributed by atoms with E-state index < -0.39 is 26.6 Å². The number of likely N-dealkylation sites (N-methyl/N-ethyl adjacent to an activating group) is 1. The Morgan fingerprint density at radius 2 is 1.06 bits per heavy atom. The highest BCUT2D eigenvalue weighted by molar-refractivity contribution is 7.45. The van der Waals surface area contributed by atoms with E-state index in [0.717, 1.165) is 19.3 Å². The fourth-order valence-corrected chi connectivity index (χ4v) is 6.79. The van der Waals surface area contributed by atoms with E-state index in [4.69, 9.17) is 9.05 Å². The highest BCUT2D eigenvalue weighted by atomic mass is 31.2. The Balaban J connectivity index is 3.63. The van der Waals surface area contributed by atoms with Crippen molar-refractivity contribution < 1.29 is 32.9 Å². The molecule has 0 aliphatic heterocycles. The van der Waals surface area contributed by atoms with Gasteiger partial charge in [0, 0.05) is 6.92 Å². The van der Waals surface area contributed by atoms with Crippen LogP contribution >= 0.6 is 7.82 Å². The number of hydrogen-bond donors (Lipinski definition) is 2. The third-order valence-corrected chi connectivity index (χ3v) is 10.2. The molecule has 0 saturated carbocycles. The van der Waals surface area contributed by atoms with Crippen LogP contribution in [0.25, 0.3) is 0 Å². The number of carbonyl (C=O) groups excluding carboxylic acids is 1. The molecule has 0 bridgehead atoms. The third kappa shape index (κ3) is 36.8. The minimum Gasteiger partial charge on any atom is -0.756 e. The minimum absolute atomic E-state index is 0.00281. The van der Waals surface area contributed by atoms with Gasteiger partial charge in [0.05, 0.1) is 39.9 Å². The van der Waals surface area contributed by atoms with Gasteiger partial charge < -0.3 is 28.8 Å². The summed E-state index contributed by atoms with van der Waals surface area (Å²) in [5, 5.41) is 13.1. The van der Waals surface area contributed by atoms with Crippen LogP contribution < -0.4 is 10.2 Å². The second-order valence-corrected chi connectivity index (χ2v) is 16.9. The van der Waals surface area contributed by atoms with E-state index in [0.29, 0.717) is 11.0 Å². The molecule has 3 unspecified atom stereocenters. The average molecular weight is 717 g/mol. The molecule has 0 heterocycles. The Kier molecular flexibility index (Phi) is 32.6. The number of quaternary nitrogens is 1. The normalized spacial score (nSPS) is 14.7. The number of phosphoric acid groups is 1. The SMILES string of the molecule is CCCCCCCCCCCCCCCCCCCCCCCCCCCC/C=C/C(O)C(COP(=O)([O-])OCC[N+](C)(C)C)NC(C)=O. The van der Waals surface area contributed by atoms with Crippen LogP contribution in [0.15, 0.2) is 12.2 Å². The fourth-order valence-electron chi connectivity index (χ4n) is 6.07. The van der Waals surface area contributed by atoms with Crippen LogP contribution in [0.4, 0.5) is 0 Å². The van der Waals surface area contributed by atoms with Crippen LogP contribution in [0.5, 0.6) is 0 Å². The summed E-state index contributed by atoms with van der Waals surface area (Å²) in [7, 11) is 1.26. The highest BCUT2D eigenvalue weighted by Crippen LogP contribution is 2.38. The molecule has 0 aromatic heterocycles. The monoisotopic (exact) mass is 717 g/mol. The van der Waals surface area contributed by atoms with Gasteiger partial charge in [0.1, 0.15) is 13.2 Å². The molecular formula is C40H81N2O6P. The quantitative estimate of drug-likeness (QED) is 0.0287. The molecule has 0 aromatic carbocycles. The van der Waals surface area contributed by atoms with E-state index in [9.17, 15) is 19.4 Å². The molecule has 0 aromatic rings. The van der Waals surface area contributed by atoms with Gasteiger partial charge >= 0.3 is 0 Å². The second kappa shape index (κ2) is 33.1. The summed E-state index contributed by atoms with van der Waals surface area (Å²) in [6, 6.07) is -0.882. The molecule has 292 valence electrons. The molecule has 0 radical (unpaired) electrons.